The van der Waals surface area contributed by atoms with Crippen LogP contribution in [0.3, 0.4) is 0 Å². The number of esters is 1. The summed E-state index contributed by atoms with van der Waals surface area (Å²) in [6.07, 6.45) is 3.97. The molecule has 6 heteroatoms. The van der Waals surface area contributed by atoms with E-state index in [9.17, 15) is 9.59 Å². The van der Waals surface area contributed by atoms with Gasteiger partial charge in [0.25, 0.3) is 0 Å². The van der Waals surface area contributed by atoms with Crippen molar-refractivity contribution >= 4 is 11.8 Å². The van der Waals surface area contributed by atoms with E-state index >= 15 is 0 Å². The molecule has 0 radical (unpaired) electrons. The third-order valence-corrected chi connectivity index (χ3v) is 5.85. The molecule has 0 amide bonds. The first kappa shape index (κ1) is 19.7. The molecule has 3 aliphatic rings. The Morgan fingerprint density at radius 1 is 1.28 bits per heavy atom. The molecule has 2 aliphatic heterocycles. The highest BCUT2D eigenvalue weighted by atomic mass is 16.6. The fourth-order valence-electron chi connectivity index (χ4n) is 4.43. The lowest BCUT2D eigenvalue weighted by Crippen LogP contribution is -2.35. The second-order valence-corrected chi connectivity index (χ2v) is 7.78. The van der Waals surface area contributed by atoms with Crippen molar-refractivity contribution in [2.45, 2.75) is 51.0 Å². The monoisotopic (exact) mass is 397 g/mol. The van der Waals surface area contributed by atoms with Crippen molar-refractivity contribution in [1.82, 2.24) is 5.32 Å². The van der Waals surface area contributed by atoms with Crippen molar-refractivity contribution < 1.29 is 23.8 Å². The van der Waals surface area contributed by atoms with E-state index in [-0.39, 0.29) is 18.5 Å². The number of rotatable bonds is 5. The smallest absolute Gasteiger partial charge is 0.336 e. The highest BCUT2D eigenvalue weighted by Crippen LogP contribution is 2.43. The number of benzene rings is 1. The van der Waals surface area contributed by atoms with Gasteiger partial charge in [-0.1, -0.05) is 12.1 Å². The Morgan fingerprint density at radius 3 is 2.90 bits per heavy atom. The van der Waals surface area contributed by atoms with Crippen LogP contribution in [-0.4, -0.2) is 38.2 Å². The third-order valence-electron chi connectivity index (χ3n) is 5.85. The third kappa shape index (κ3) is 3.94. The lowest BCUT2D eigenvalue weighted by molar-refractivity contribution is -0.142. The summed E-state index contributed by atoms with van der Waals surface area (Å²) >= 11 is 0. The lowest BCUT2D eigenvalue weighted by Gasteiger charge is -2.34. The van der Waals surface area contributed by atoms with Crippen LogP contribution in [0.15, 0.2) is 46.8 Å². The van der Waals surface area contributed by atoms with Gasteiger partial charge in [0.1, 0.15) is 12.4 Å². The van der Waals surface area contributed by atoms with E-state index in [2.05, 4.69) is 5.32 Å². The predicted molar refractivity (Wildman–Crippen MR) is 107 cm³/mol. The number of carbonyl (C=O) groups excluding carboxylic acids is 2. The summed E-state index contributed by atoms with van der Waals surface area (Å²) in [5.41, 5.74) is 3.69. The maximum Gasteiger partial charge on any atom is 0.336 e. The van der Waals surface area contributed by atoms with Gasteiger partial charge in [0.15, 0.2) is 5.78 Å². The Labute approximate surface area is 170 Å². The quantitative estimate of drug-likeness (QED) is 0.768. The molecule has 1 aliphatic carbocycles. The number of nitrogens with one attached hydrogen (secondary N) is 1. The first-order chi connectivity index (χ1) is 14.1. The van der Waals surface area contributed by atoms with Gasteiger partial charge in [-0.15, -0.1) is 0 Å². The van der Waals surface area contributed by atoms with Gasteiger partial charge >= 0.3 is 5.97 Å². The Kier molecular flexibility index (Phi) is 5.72. The molecule has 0 unspecified atom stereocenters. The molecule has 2 atom stereocenters. The summed E-state index contributed by atoms with van der Waals surface area (Å²) in [5, 5.41) is 3.31. The minimum absolute atomic E-state index is 0.0437. The van der Waals surface area contributed by atoms with Gasteiger partial charge in [-0.2, -0.15) is 0 Å². The molecule has 1 aromatic rings. The first-order valence-corrected chi connectivity index (χ1v) is 10.2. The summed E-state index contributed by atoms with van der Waals surface area (Å²) < 4.78 is 16.6. The van der Waals surface area contributed by atoms with Crippen LogP contribution in [0.2, 0.25) is 0 Å². The maximum atomic E-state index is 13.1. The number of methoxy groups -OCH3 is 1. The molecule has 154 valence electrons. The van der Waals surface area contributed by atoms with Crippen molar-refractivity contribution in [3.8, 4) is 5.75 Å². The minimum Gasteiger partial charge on any atom is -0.497 e. The van der Waals surface area contributed by atoms with Crippen molar-refractivity contribution in [2.24, 2.45) is 0 Å². The van der Waals surface area contributed by atoms with Crippen LogP contribution in [0, 0.1) is 0 Å². The number of Topliss-reactive ketones (excluding diaryl/α,β-unsaturated/α-hetero) is 1. The van der Waals surface area contributed by atoms with E-state index in [4.69, 9.17) is 14.2 Å². The standard InChI is InChI=1S/C23H27NO5/c1-14-20(23(26)29-13-17-8-5-11-28-17)21(15-6-3-7-16(12-15)27-2)22-18(24-14)9-4-10-19(22)25/h3,6-7,12,17,21,24H,4-5,8-11,13H2,1-2H3/t17-,21-/m1/s1. The van der Waals surface area contributed by atoms with Gasteiger partial charge in [0, 0.05) is 35.9 Å². The molecule has 1 N–H and O–H groups in total. The summed E-state index contributed by atoms with van der Waals surface area (Å²) in [7, 11) is 1.61. The van der Waals surface area contributed by atoms with Crippen molar-refractivity contribution in [2.75, 3.05) is 20.3 Å². The highest BCUT2D eigenvalue weighted by Gasteiger charge is 2.39. The Bertz CT molecular complexity index is 879. The van der Waals surface area contributed by atoms with Crippen LogP contribution in [0.1, 0.15) is 50.5 Å². The number of carbonyl (C=O) groups is 2. The Balaban J connectivity index is 1.70. The van der Waals surface area contributed by atoms with Gasteiger partial charge in [-0.05, 0) is 50.3 Å². The van der Waals surface area contributed by atoms with E-state index in [0.717, 1.165) is 42.6 Å². The van der Waals surface area contributed by atoms with Crippen molar-refractivity contribution in [3.05, 3.63) is 52.4 Å². The number of hydrogen-bond acceptors (Lipinski definition) is 6. The summed E-state index contributed by atoms with van der Waals surface area (Å²) in [6.45, 7) is 2.82. The maximum absolute atomic E-state index is 13.1. The highest BCUT2D eigenvalue weighted by molar-refractivity contribution is 6.03. The van der Waals surface area contributed by atoms with Gasteiger partial charge in [0.05, 0.1) is 18.8 Å². The van der Waals surface area contributed by atoms with Crippen LogP contribution >= 0.6 is 0 Å². The number of dihydropyridines is 1. The zero-order valence-electron chi connectivity index (χ0n) is 17.0. The van der Waals surface area contributed by atoms with Gasteiger partial charge in [0.2, 0.25) is 0 Å². The van der Waals surface area contributed by atoms with Crippen LogP contribution in [0.5, 0.6) is 5.75 Å². The molecule has 4 rings (SSSR count). The molecule has 1 fully saturated rings. The molecule has 29 heavy (non-hydrogen) atoms. The van der Waals surface area contributed by atoms with Crippen molar-refractivity contribution in [1.29, 1.82) is 0 Å². The SMILES string of the molecule is COc1cccc([C@@H]2C(C(=O)OC[C@H]3CCCO3)=C(C)NC3=C2C(=O)CCC3)c1. The van der Waals surface area contributed by atoms with Gasteiger partial charge in [-0.3, -0.25) is 4.79 Å². The predicted octanol–water partition coefficient (Wildman–Crippen LogP) is 3.39. The average Bonchev–Trinajstić information content (AvgIpc) is 3.25. The second-order valence-electron chi connectivity index (χ2n) is 7.78. The minimum atomic E-state index is -0.453. The first-order valence-electron chi connectivity index (χ1n) is 10.2. The summed E-state index contributed by atoms with van der Waals surface area (Å²) in [4.78, 5) is 26.0. The average molecular weight is 397 g/mol. The molecule has 1 aromatic carbocycles. The van der Waals surface area contributed by atoms with E-state index in [1.807, 2.05) is 31.2 Å². The van der Waals surface area contributed by atoms with Crippen LogP contribution in [0.25, 0.3) is 0 Å². The summed E-state index contributed by atoms with van der Waals surface area (Å²) in [6, 6.07) is 7.57. The van der Waals surface area contributed by atoms with Crippen LogP contribution in [0.4, 0.5) is 0 Å². The molecule has 1 saturated heterocycles. The Hall–Kier alpha value is -2.60. The Morgan fingerprint density at radius 2 is 2.14 bits per heavy atom. The second kappa shape index (κ2) is 8.41. The molecular weight excluding hydrogens is 370 g/mol. The number of hydrogen-bond donors (Lipinski definition) is 1. The molecule has 0 aromatic heterocycles. The van der Waals surface area contributed by atoms with E-state index in [1.165, 1.54) is 0 Å². The van der Waals surface area contributed by atoms with E-state index in [0.29, 0.717) is 29.9 Å². The number of ketones is 1. The molecule has 0 saturated carbocycles. The number of allylic oxidation sites excluding steroid dienone is 3. The molecular formula is C23H27NO5. The van der Waals surface area contributed by atoms with E-state index in [1.54, 1.807) is 7.11 Å². The van der Waals surface area contributed by atoms with E-state index < -0.39 is 11.9 Å². The van der Waals surface area contributed by atoms with Crippen LogP contribution < -0.4 is 10.1 Å². The largest absolute Gasteiger partial charge is 0.497 e. The zero-order chi connectivity index (χ0) is 20.4. The lowest BCUT2D eigenvalue weighted by atomic mass is 9.75. The fourth-order valence-corrected chi connectivity index (χ4v) is 4.43. The van der Waals surface area contributed by atoms with Gasteiger partial charge < -0.3 is 19.5 Å². The topological polar surface area (TPSA) is 73.9 Å². The van der Waals surface area contributed by atoms with Crippen LogP contribution in [-0.2, 0) is 19.1 Å². The zero-order valence-corrected chi connectivity index (χ0v) is 17.0. The molecule has 6 nitrogen and oxygen atoms in total. The molecule has 0 bridgehead atoms. The summed E-state index contributed by atoms with van der Waals surface area (Å²) in [5.74, 6) is -0.0750. The van der Waals surface area contributed by atoms with Gasteiger partial charge in [-0.25, -0.2) is 4.79 Å². The normalized spacial score (nSPS) is 24.3. The molecule has 0 spiro atoms. The number of ether oxygens (including phenoxy) is 3. The molecule has 2 heterocycles. The van der Waals surface area contributed by atoms with Crippen molar-refractivity contribution in [3.63, 3.8) is 0 Å². The fraction of sp³-hybridized carbons (Fsp3) is 0.478.